The standard InChI is InChI=1S/C27H35N3O3/c1-5-6-8-21-10-12-23(13-11-21)32-18-25(31)20(4)24(19(2)3)14-15-26-29-27(30-33-26)22-9-7-16-28-17-22/h7,9-13,16-17,19-20,24H,5-6,8,14-15,18H2,1-4H3. The number of Topliss-reactive ketones (excluding diaryl/α,β-unsaturated/α-hetero) is 1. The van der Waals surface area contributed by atoms with Crippen molar-refractivity contribution in [1.82, 2.24) is 15.1 Å². The number of hydrogen-bond acceptors (Lipinski definition) is 6. The molecule has 3 aromatic rings. The van der Waals surface area contributed by atoms with Crippen LogP contribution in [0.1, 0.15) is 58.4 Å². The third-order valence-electron chi connectivity index (χ3n) is 6.21. The minimum absolute atomic E-state index is 0.0877. The third-order valence-corrected chi connectivity index (χ3v) is 6.21. The van der Waals surface area contributed by atoms with Crippen molar-refractivity contribution in [3.8, 4) is 17.1 Å². The highest BCUT2D eigenvalue weighted by atomic mass is 16.5. The average Bonchev–Trinajstić information content (AvgIpc) is 3.31. The molecule has 33 heavy (non-hydrogen) atoms. The predicted molar refractivity (Wildman–Crippen MR) is 129 cm³/mol. The zero-order valence-electron chi connectivity index (χ0n) is 20.2. The van der Waals surface area contributed by atoms with Gasteiger partial charge in [-0.05, 0) is 60.9 Å². The number of pyridine rings is 1. The van der Waals surface area contributed by atoms with Crippen LogP contribution in [0.25, 0.3) is 11.4 Å². The van der Waals surface area contributed by atoms with E-state index in [1.165, 1.54) is 18.4 Å². The molecule has 0 amide bonds. The fraction of sp³-hybridized carbons (Fsp3) is 0.481. The Morgan fingerprint density at radius 1 is 1.09 bits per heavy atom. The minimum atomic E-state index is -0.116. The van der Waals surface area contributed by atoms with Crippen molar-refractivity contribution in [2.24, 2.45) is 17.8 Å². The lowest BCUT2D eigenvalue weighted by atomic mass is 9.79. The number of ether oxygens (including phenoxy) is 1. The fourth-order valence-corrected chi connectivity index (χ4v) is 4.08. The molecule has 0 aliphatic carbocycles. The topological polar surface area (TPSA) is 78.1 Å². The van der Waals surface area contributed by atoms with Crippen molar-refractivity contribution < 1.29 is 14.1 Å². The van der Waals surface area contributed by atoms with E-state index in [1.54, 1.807) is 12.4 Å². The Morgan fingerprint density at radius 3 is 2.55 bits per heavy atom. The summed E-state index contributed by atoms with van der Waals surface area (Å²) in [7, 11) is 0. The summed E-state index contributed by atoms with van der Waals surface area (Å²) < 4.78 is 11.2. The summed E-state index contributed by atoms with van der Waals surface area (Å²) in [5.41, 5.74) is 2.13. The molecule has 0 N–H and O–H groups in total. The highest BCUT2D eigenvalue weighted by molar-refractivity contribution is 5.82. The van der Waals surface area contributed by atoms with Crippen LogP contribution < -0.4 is 4.74 Å². The molecule has 1 aromatic carbocycles. The molecule has 0 aliphatic rings. The Bertz CT molecular complexity index is 983. The SMILES string of the molecule is CCCCc1ccc(OCC(=O)C(C)C(CCc2nc(-c3cccnc3)no2)C(C)C)cc1. The van der Waals surface area contributed by atoms with Crippen molar-refractivity contribution in [3.63, 3.8) is 0 Å². The van der Waals surface area contributed by atoms with Crippen LogP contribution in [0.15, 0.2) is 53.3 Å². The highest BCUT2D eigenvalue weighted by Crippen LogP contribution is 2.27. The van der Waals surface area contributed by atoms with E-state index in [4.69, 9.17) is 9.26 Å². The summed E-state index contributed by atoms with van der Waals surface area (Å²) >= 11 is 0. The van der Waals surface area contributed by atoms with Crippen molar-refractivity contribution in [2.75, 3.05) is 6.61 Å². The van der Waals surface area contributed by atoms with Crippen LogP contribution in [0.5, 0.6) is 5.75 Å². The van der Waals surface area contributed by atoms with Crippen molar-refractivity contribution in [3.05, 3.63) is 60.2 Å². The summed E-state index contributed by atoms with van der Waals surface area (Å²) in [6.45, 7) is 8.58. The van der Waals surface area contributed by atoms with Crippen LogP contribution in [0.3, 0.4) is 0 Å². The Labute approximate surface area is 196 Å². The van der Waals surface area contributed by atoms with Crippen LogP contribution in [0.4, 0.5) is 0 Å². The molecule has 2 unspecified atom stereocenters. The van der Waals surface area contributed by atoms with Gasteiger partial charge in [0.05, 0.1) is 0 Å². The van der Waals surface area contributed by atoms with Crippen molar-refractivity contribution in [2.45, 2.75) is 59.8 Å². The second-order valence-corrected chi connectivity index (χ2v) is 8.99. The Balaban J connectivity index is 1.52. The molecule has 0 bridgehead atoms. The maximum absolute atomic E-state index is 12.9. The average molecular weight is 450 g/mol. The number of aromatic nitrogens is 3. The van der Waals surface area contributed by atoms with Crippen LogP contribution in [-0.2, 0) is 17.6 Å². The highest BCUT2D eigenvalue weighted by Gasteiger charge is 2.27. The molecule has 3 rings (SSSR count). The molecule has 2 aromatic heterocycles. The van der Waals surface area contributed by atoms with Gasteiger partial charge in [0.15, 0.2) is 5.78 Å². The first kappa shape index (κ1) is 24.6. The number of benzene rings is 1. The molecular weight excluding hydrogens is 414 g/mol. The van der Waals surface area contributed by atoms with E-state index in [0.29, 0.717) is 24.1 Å². The molecule has 6 heteroatoms. The van der Waals surface area contributed by atoms with Crippen LogP contribution >= 0.6 is 0 Å². The molecular formula is C27H35N3O3. The van der Waals surface area contributed by atoms with E-state index in [2.05, 4.69) is 48.0 Å². The number of carbonyl (C=O) groups excluding carboxylic acids is 1. The lowest BCUT2D eigenvalue weighted by Crippen LogP contribution is -2.29. The Kier molecular flexibility index (Phi) is 9.16. The van der Waals surface area contributed by atoms with Gasteiger partial charge in [-0.1, -0.05) is 51.4 Å². The summed E-state index contributed by atoms with van der Waals surface area (Å²) in [4.78, 5) is 21.5. The van der Waals surface area contributed by atoms with Crippen LogP contribution in [0.2, 0.25) is 0 Å². The smallest absolute Gasteiger partial charge is 0.226 e. The van der Waals surface area contributed by atoms with E-state index >= 15 is 0 Å². The number of ketones is 1. The number of hydrogen-bond donors (Lipinski definition) is 0. The Morgan fingerprint density at radius 2 is 1.88 bits per heavy atom. The molecule has 0 aliphatic heterocycles. The maximum Gasteiger partial charge on any atom is 0.226 e. The first-order valence-corrected chi connectivity index (χ1v) is 11.9. The van der Waals surface area contributed by atoms with E-state index in [-0.39, 0.29) is 24.2 Å². The molecule has 2 atom stereocenters. The zero-order chi connectivity index (χ0) is 23.6. The molecule has 0 saturated heterocycles. The fourth-order valence-electron chi connectivity index (χ4n) is 4.08. The van der Waals surface area contributed by atoms with Crippen LogP contribution in [0, 0.1) is 17.8 Å². The second kappa shape index (κ2) is 12.3. The first-order valence-electron chi connectivity index (χ1n) is 11.9. The van der Waals surface area contributed by atoms with Crippen molar-refractivity contribution >= 4 is 5.78 Å². The number of rotatable bonds is 13. The number of carbonyl (C=O) groups is 1. The Hall–Kier alpha value is -3.02. The molecule has 6 nitrogen and oxygen atoms in total. The van der Waals surface area contributed by atoms with Gasteiger partial charge in [-0.2, -0.15) is 4.98 Å². The quantitative estimate of drug-likeness (QED) is 0.320. The lowest BCUT2D eigenvalue weighted by Gasteiger charge is -2.26. The van der Waals surface area contributed by atoms with E-state index in [1.807, 2.05) is 31.2 Å². The monoisotopic (exact) mass is 449 g/mol. The normalized spacial score (nSPS) is 13.1. The summed E-state index contributed by atoms with van der Waals surface area (Å²) in [6, 6.07) is 11.8. The van der Waals surface area contributed by atoms with E-state index < -0.39 is 0 Å². The molecule has 0 fully saturated rings. The van der Waals surface area contributed by atoms with E-state index in [0.717, 1.165) is 24.2 Å². The first-order chi connectivity index (χ1) is 16.0. The molecule has 0 spiro atoms. The largest absolute Gasteiger partial charge is 0.486 e. The summed E-state index contributed by atoms with van der Waals surface area (Å²) in [5, 5.41) is 4.06. The minimum Gasteiger partial charge on any atom is -0.486 e. The summed E-state index contributed by atoms with van der Waals surface area (Å²) in [6.07, 6.45) is 8.29. The van der Waals surface area contributed by atoms with Gasteiger partial charge in [-0.25, -0.2) is 0 Å². The van der Waals surface area contributed by atoms with Gasteiger partial charge in [0, 0.05) is 30.3 Å². The van der Waals surface area contributed by atoms with Gasteiger partial charge in [-0.3, -0.25) is 9.78 Å². The van der Waals surface area contributed by atoms with Gasteiger partial charge in [0.2, 0.25) is 11.7 Å². The van der Waals surface area contributed by atoms with E-state index in [9.17, 15) is 4.79 Å². The van der Waals surface area contributed by atoms with Gasteiger partial charge in [-0.15, -0.1) is 0 Å². The molecule has 176 valence electrons. The molecule has 0 radical (unpaired) electrons. The lowest BCUT2D eigenvalue weighted by molar-refractivity contribution is -0.126. The number of unbranched alkanes of at least 4 members (excludes halogenated alkanes) is 1. The van der Waals surface area contributed by atoms with Gasteiger partial charge < -0.3 is 9.26 Å². The second-order valence-electron chi connectivity index (χ2n) is 8.99. The van der Waals surface area contributed by atoms with Gasteiger partial charge >= 0.3 is 0 Å². The maximum atomic E-state index is 12.9. The molecule has 0 saturated carbocycles. The summed E-state index contributed by atoms with van der Waals surface area (Å²) in [5.74, 6) is 2.41. The van der Waals surface area contributed by atoms with Crippen LogP contribution in [-0.4, -0.2) is 27.5 Å². The number of nitrogens with zero attached hydrogens (tertiary/aromatic N) is 3. The number of aryl methyl sites for hydroxylation is 2. The zero-order valence-corrected chi connectivity index (χ0v) is 20.2. The third kappa shape index (κ3) is 7.24. The predicted octanol–water partition coefficient (Wildman–Crippen LogP) is 5.96. The van der Waals surface area contributed by atoms with Gasteiger partial charge in [0.1, 0.15) is 12.4 Å². The van der Waals surface area contributed by atoms with Crippen molar-refractivity contribution in [1.29, 1.82) is 0 Å². The van der Waals surface area contributed by atoms with Gasteiger partial charge in [0.25, 0.3) is 0 Å². The molecule has 2 heterocycles.